The maximum atomic E-state index is 12.7. The van der Waals surface area contributed by atoms with Crippen molar-refractivity contribution in [3.8, 4) is 5.75 Å². The molecule has 1 heterocycles. The molecule has 0 bridgehead atoms. The summed E-state index contributed by atoms with van der Waals surface area (Å²) in [7, 11) is 0. The van der Waals surface area contributed by atoms with Crippen LogP contribution in [0.4, 0.5) is 0 Å². The van der Waals surface area contributed by atoms with Crippen molar-refractivity contribution in [1.29, 1.82) is 0 Å². The van der Waals surface area contributed by atoms with E-state index in [9.17, 15) is 9.59 Å². The lowest BCUT2D eigenvalue weighted by atomic mass is 10.1. The lowest BCUT2D eigenvalue weighted by Crippen LogP contribution is -2.28. The second-order valence-electron chi connectivity index (χ2n) is 6.39. The number of nitrogens with zero attached hydrogens (tertiary/aromatic N) is 2. The molecule has 2 aromatic carbocycles. The van der Waals surface area contributed by atoms with E-state index in [4.69, 9.17) is 9.84 Å². The van der Waals surface area contributed by atoms with Gasteiger partial charge in [-0.25, -0.2) is 4.79 Å². The number of aromatic carboxylic acids is 1. The molecule has 0 aliphatic carbocycles. The summed E-state index contributed by atoms with van der Waals surface area (Å²) in [4.78, 5) is 30.4. The second kappa shape index (κ2) is 9.95. The lowest BCUT2D eigenvalue weighted by molar-refractivity contribution is -0.122. The number of carboxylic acids is 1. The lowest BCUT2D eigenvalue weighted by Gasteiger charge is -2.12. The number of carbonyl (C=O) groups excluding carboxylic acids is 1. The van der Waals surface area contributed by atoms with Gasteiger partial charge < -0.3 is 9.84 Å². The predicted molar refractivity (Wildman–Crippen MR) is 123 cm³/mol. The van der Waals surface area contributed by atoms with E-state index in [0.29, 0.717) is 28.9 Å². The van der Waals surface area contributed by atoms with Crippen molar-refractivity contribution >= 4 is 50.8 Å². The van der Waals surface area contributed by atoms with Gasteiger partial charge >= 0.3 is 5.97 Å². The van der Waals surface area contributed by atoms with Gasteiger partial charge in [0.05, 0.1) is 10.5 Å². The van der Waals surface area contributed by atoms with Crippen molar-refractivity contribution in [2.24, 2.45) is 4.99 Å². The van der Waals surface area contributed by atoms with Crippen LogP contribution >= 0.6 is 27.7 Å². The van der Waals surface area contributed by atoms with Gasteiger partial charge in [0.25, 0.3) is 5.91 Å². The SMILES string of the molecule is CCN=C1S/C(=C/c2cc(Br)ccc2OCc2ccc(C(=O)O)cc2)C(=O)N1CC. The first kappa shape index (κ1) is 22.1. The van der Waals surface area contributed by atoms with Gasteiger partial charge in [0.2, 0.25) is 0 Å². The molecule has 0 spiro atoms. The molecule has 1 amide bonds. The molecule has 6 nitrogen and oxygen atoms in total. The minimum absolute atomic E-state index is 0.0649. The first-order chi connectivity index (χ1) is 14.4. The van der Waals surface area contributed by atoms with Gasteiger partial charge in [0.15, 0.2) is 5.17 Å². The Kier molecular flexibility index (Phi) is 7.33. The Balaban J connectivity index is 1.83. The minimum atomic E-state index is -0.963. The van der Waals surface area contributed by atoms with Crippen LogP contribution in [0.2, 0.25) is 0 Å². The number of ether oxygens (including phenoxy) is 1. The molecule has 2 aromatic rings. The van der Waals surface area contributed by atoms with E-state index < -0.39 is 5.97 Å². The first-order valence-corrected chi connectivity index (χ1v) is 11.0. The fraction of sp³-hybridized carbons (Fsp3) is 0.227. The van der Waals surface area contributed by atoms with E-state index >= 15 is 0 Å². The predicted octanol–water partition coefficient (Wildman–Crippen LogP) is 5.04. The largest absolute Gasteiger partial charge is 0.488 e. The van der Waals surface area contributed by atoms with Crippen LogP contribution in [0.3, 0.4) is 0 Å². The highest BCUT2D eigenvalue weighted by Crippen LogP contribution is 2.35. The van der Waals surface area contributed by atoms with Crippen LogP contribution in [0.1, 0.15) is 35.3 Å². The molecule has 0 saturated carbocycles. The van der Waals surface area contributed by atoms with Crippen molar-refractivity contribution < 1.29 is 19.4 Å². The number of carbonyl (C=O) groups is 2. The topological polar surface area (TPSA) is 79.2 Å². The fourth-order valence-corrected chi connectivity index (χ4v) is 4.32. The van der Waals surface area contributed by atoms with E-state index in [1.807, 2.05) is 38.1 Å². The van der Waals surface area contributed by atoms with Crippen LogP contribution in [0, 0.1) is 0 Å². The molecule has 3 rings (SSSR count). The van der Waals surface area contributed by atoms with E-state index in [1.165, 1.54) is 11.8 Å². The Labute approximate surface area is 187 Å². The molecule has 0 radical (unpaired) electrons. The normalized spacial score (nSPS) is 16.5. The summed E-state index contributed by atoms with van der Waals surface area (Å²) < 4.78 is 6.85. The molecule has 0 aromatic heterocycles. The fourth-order valence-electron chi connectivity index (χ4n) is 2.85. The number of thioether (sulfide) groups is 1. The van der Waals surface area contributed by atoms with Gasteiger partial charge in [0.1, 0.15) is 12.4 Å². The summed E-state index contributed by atoms with van der Waals surface area (Å²) in [6.07, 6.45) is 1.82. The summed E-state index contributed by atoms with van der Waals surface area (Å²) >= 11 is 4.84. The van der Waals surface area contributed by atoms with E-state index in [1.54, 1.807) is 29.2 Å². The van der Waals surface area contributed by atoms with Crippen molar-refractivity contribution in [1.82, 2.24) is 4.90 Å². The monoisotopic (exact) mass is 488 g/mol. The van der Waals surface area contributed by atoms with Crippen molar-refractivity contribution in [2.75, 3.05) is 13.1 Å². The summed E-state index contributed by atoms with van der Waals surface area (Å²) in [6, 6.07) is 12.2. The molecule has 30 heavy (non-hydrogen) atoms. The number of rotatable bonds is 7. The number of halogens is 1. The standard InChI is InChI=1S/C22H21BrN2O4S/c1-3-24-22-25(4-2)20(26)19(30-22)12-16-11-17(23)9-10-18(16)29-13-14-5-7-15(8-6-14)21(27)28/h5-12H,3-4,13H2,1-2H3,(H,27,28)/b19-12+,24-22?. The van der Waals surface area contributed by atoms with Gasteiger partial charge in [-0.3, -0.25) is 14.7 Å². The van der Waals surface area contributed by atoms with Crippen LogP contribution in [-0.4, -0.2) is 40.1 Å². The number of amides is 1. The first-order valence-electron chi connectivity index (χ1n) is 9.43. The van der Waals surface area contributed by atoms with Crippen LogP contribution in [-0.2, 0) is 11.4 Å². The van der Waals surface area contributed by atoms with Crippen LogP contribution in [0.5, 0.6) is 5.75 Å². The molecule has 1 N–H and O–H groups in total. The highest BCUT2D eigenvalue weighted by Gasteiger charge is 2.32. The van der Waals surface area contributed by atoms with Gasteiger partial charge in [0, 0.05) is 23.1 Å². The number of hydrogen-bond donors (Lipinski definition) is 1. The third kappa shape index (κ3) is 5.12. The van der Waals surface area contributed by atoms with E-state index in [0.717, 1.165) is 15.6 Å². The summed E-state index contributed by atoms with van der Waals surface area (Å²) in [5, 5.41) is 9.72. The zero-order valence-corrected chi connectivity index (χ0v) is 19.0. The van der Waals surface area contributed by atoms with Gasteiger partial charge in [-0.1, -0.05) is 28.1 Å². The Morgan fingerprint density at radius 2 is 1.97 bits per heavy atom. The van der Waals surface area contributed by atoms with Crippen molar-refractivity contribution in [2.45, 2.75) is 20.5 Å². The highest BCUT2D eigenvalue weighted by atomic mass is 79.9. The molecule has 0 unspecified atom stereocenters. The summed E-state index contributed by atoms with van der Waals surface area (Å²) in [5.74, 6) is -0.398. The molecule has 1 aliphatic heterocycles. The molecule has 1 aliphatic rings. The summed E-state index contributed by atoms with van der Waals surface area (Å²) in [5.41, 5.74) is 1.85. The molecule has 156 valence electrons. The number of aliphatic imine (C=N–C) groups is 1. The van der Waals surface area contributed by atoms with Gasteiger partial charge in [-0.05, 0) is 67.6 Å². The molecular formula is C22H21BrN2O4S. The highest BCUT2D eigenvalue weighted by molar-refractivity contribution is 9.10. The molecule has 8 heteroatoms. The van der Waals surface area contributed by atoms with Crippen molar-refractivity contribution in [3.05, 3.63) is 68.5 Å². The quantitative estimate of drug-likeness (QED) is 0.552. The minimum Gasteiger partial charge on any atom is -0.488 e. The Morgan fingerprint density at radius 1 is 1.23 bits per heavy atom. The third-order valence-electron chi connectivity index (χ3n) is 4.35. The Hall–Kier alpha value is -2.58. The molecular weight excluding hydrogens is 468 g/mol. The third-order valence-corrected chi connectivity index (χ3v) is 5.89. The van der Waals surface area contributed by atoms with Crippen LogP contribution < -0.4 is 4.74 Å². The molecule has 1 saturated heterocycles. The summed E-state index contributed by atoms with van der Waals surface area (Å²) in [6.45, 7) is 5.33. The zero-order valence-electron chi connectivity index (χ0n) is 16.6. The average molecular weight is 489 g/mol. The Morgan fingerprint density at radius 3 is 2.60 bits per heavy atom. The van der Waals surface area contributed by atoms with Crippen LogP contribution in [0.15, 0.2) is 56.8 Å². The maximum Gasteiger partial charge on any atom is 0.335 e. The number of amidine groups is 1. The number of likely N-dealkylation sites (N-methyl/N-ethyl adjacent to an activating group) is 1. The van der Waals surface area contributed by atoms with Crippen molar-refractivity contribution in [3.63, 3.8) is 0 Å². The van der Waals surface area contributed by atoms with Gasteiger partial charge in [-0.15, -0.1) is 0 Å². The Bertz CT molecular complexity index is 1020. The van der Waals surface area contributed by atoms with Crippen LogP contribution in [0.25, 0.3) is 6.08 Å². The number of carboxylic acid groups (broad SMARTS) is 1. The second-order valence-corrected chi connectivity index (χ2v) is 8.31. The number of benzene rings is 2. The van der Waals surface area contributed by atoms with E-state index in [2.05, 4.69) is 20.9 Å². The molecule has 1 fully saturated rings. The van der Waals surface area contributed by atoms with Gasteiger partial charge in [-0.2, -0.15) is 0 Å². The molecule has 0 atom stereocenters. The zero-order chi connectivity index (χ0) is 21.7. The average Bonchev–Trinajstić information content (AvgIpc) is 3.02. The van der Waals surface area contributed by atoms with E-state index in [-0.39, 0.29) is 18.1 Å². The maximum absolute atomic E-state index is 12.7. The number of hydrogen-bond acceptors (Lipinski definition) is 5. The smallest absolute Gasteiger partial charge is 0.335 e.